The van der Waals surface area contributed by atoms with Crippen LogP contribution in [0.5, 0.6) is 0 Å². The minimum Gasteiger partial charge on any atom is -0.477 e. The summed E-state index contributed by atoms with van der Waals surface area (Å²) in [4.78, 5) is 16.1. The van der Waals surface area contributed by atoms with Crippen molar-refractivity contribution in [2.24, 2.45) is 5.16 Å². The second kappa shape index (κ2) is 9.14. The molecule has 0 fully saturated rings. The first-order valence-corrected chi connectivity index (χ1v) is 6.70. The third-order valence-electron chi connectivity index (χ3n) is 2.76. The van der Waals surface area contributed by atoms with E-state index in [9.17, 15) is 4.79 Å². The largest absolute Gasteiger partial charge is 0.477 e. The normalized spacial score (nSPS) is 11.3. The lowest BCUT2D eigenvalue weighted by Crippen LogP contribution is -2.13. The van der Waals surface area contributed by atoms with Crippen LogP contribution in [0.25, 0.3) is 0 Å². The standard InChI is InChI=1S/C15H21NO3/c1-2-3-4-8-11-14(15(17)18)16-19-12-13-9-6-5-7-10-13/h5-7,9-10H,2-4,8,11-12H2,1H3,(H,17,18). The summed E-state index contributed by atoms with van der Waals surface area (Å²) in [6.07, 6.45) is 4.58. The van der Waals surface area contributed by atoms with E-state index in [2.05, 4.69) is 12.1 Å². The number of oxime groups is 1. The molecule has 0 saturated carbocycles. The van der Waals surface area contributed by atoms with Crippen LogP contribution in [0.3, 0.4) is 0 Å². The Morgan fingerprint density at radius 3 is 2.58 bits per heavy atom. The van der Waals surface area contributed by atoms with Gasteiger partial charge in [-0.15, -0.1) is 0 Å². The van der Waals surface area contributed by atoms with Gasteiger partial charge in [0, 0.05) is 6.42 Å². The number of rotatable bonds is 9. The van der Waals surface area contributed by atoms with Crippen LogP contribution in [-0.2, 0) is 16.2 Å². The van der Waals surface area contributed by atoms with Crippen molar-refractivity contribution in [3.05, 3.63) is 35.9 Å². The maximum Gasteiger partial charge on any atom is 0.353 e. The zero-order valence-electron chi connectivity index (χ0n) is 11.3. The number of carboxylic acids is 1. The first kappa shape index (κ1) is 15.2. The Morgan fingerprint density at radius 1 is 1.21 bits per heavy atom. The van der Waals surface area contributed by atoms with Gasteiger partial charge in [0.25, 0.3) is 0 Å². The van der Waals surface area contributed by atoms with Crippen LogP contribution in [0.2, 0.25) is 0 Å². The summed E-state index contributed by atoms with van der Waals surface area (Å²) in [5.74, 6) is -0.996. The highest BCUT2D eigenvalue weighted by Gasteiger charge is 2.09. The van der Waals surface area contributed by atoms with Crippen LogP contribution >= 0.6 is 0 Å². The Morgan fingerprint density at radius 2 is 1.95 bits per heavy atom. The highest BCUT2D eigenvalue weighted by molar-refractivity contribution is 6.35. The summed E-state index contributed by atoms with van der Waals surface area (Å²) in [5, 5.41) is 12.7. The molecule has 1 aromatic rings. The van der Waals surface area contributed by atoms with Crippen LogP contribution in [-0.4, -0.2) is 16.8 Å². The van der Waals surface area contributed by atoms with Crippen LogP contribution in [0.1, 0.15) is 44.6 Å². The van der Waals surface area contributed by atoms with E-state index in [0.29, 0.717) is 13.0 Å². The number of hydrogen-bond acceptors (Lipinski definition) is 3. The third-order valence-corrected chi connectivity index (χ3v) is 2.76. The number of unbranched alkanes of at least 4 members (excludes halogenated alkanes) is 3. The fraction of sp³-hybridized carbons (Fsp3) is 0.467. The fourth-order valence-electron chi connectivity index (χ4n) is 1.67. The van der Waals surface area contributed by atoms with E-state index in [1.807, 2.05) is 30.3 Å². The molecule has 0 aliphatic carbocycles. The Kier molecular flexibility index (Phi) is 7.32. The summed E-state index contributed by atoms with van der Waals surface area (Å²) < 4.78 is 0. The second-order valence-electron chi connectivity index (χ2n) is 4.41. The second-order valence-corrected chi connectivity index (χ2v) is 4.41. The van der Waals surface area contributed by atoms with E-state index >= 15 is 0 Å². The first-order valence-electron chi connectivity index (χ1n) is 6.70. The highest BCUT2D eigenvalue weighted by Crippen LogP contribution is 2.06. The maximum atomic E-state index is 11.0. The van der Waals surface area contributed by atoms with Crippen LogP contribution in [0.4, 0.5) is 0 Å². The molecule has 1 rings (SSSR count). The van der Waals surface area contributed by atoms with Crippen molar-refractivity contribution in [2.75, 3.05) is 0 Å². The van der Waals surface area contributed by atoms with Gasteiger partial charge in [-0.1, -0.05) is 61.7 Å². The average molecular weight is 263 g/mol. The smallest absolute Gasteiger partial charge is 0.353 e. The van der Waals surface area contributed by atoms with Crippen molar-refractivity contribution in [3.63, 3.8) is 0 Å². The van der Waals surface area contributed by atoms with Gasteiger partial charge in [-0.25, -0.2) is 4.79 Å². The summed E-state index contributed by atoms with van der Waals surface area (Å²) >= 11 is 0. The van der Waals surface area contributed by atoms with E-state index in [1.54, 1.807) is 0 Å². The summed E-state index contributed by atoms with van der Waals surface area (Å²) in [6, 6.07) is 9.56. The first-order chi connectivity index (χ1) is 9.24. The number of hydrogen-bond donors (Lipinski definition) is 1. The molecule has 4 nitrogen and oxygen atoms in total. The molecule has 0 unspecified atom stereocenters. The van der Waals surface area contributed by atoms with E-state index in [-0.39, 0.29) is 5.71 Å². The van der Waals surface area contributed by atoms with Gasteiger partial charge in [-0.05, 0) is 12.0 Å². The molecule has 0 aliphatic heterocycles. The van der Waals surface area contributed by atoms with Crippen molar-refractivity contribution in [3.8, 4) is 0 Å². The molecule has 0 radical (unpaired) electrons. The Labute approximate surface area is 114 Å². The highest BCUT2D eigenvalue weighted by atomic mass is 16.6. The van der Waals surface area contributed by atoms with Crippen LogP contribution in [0, 0.1) is 0 Å². The topological polar surface area (TPSA) is 58.9 Å². The number of carboxylic acid groups (broad SMARTS) is 1. The van der Waals surface area contributed by atoms with E-state index in [0.717, 1.165) is 31.2 Å². The third kappa shape index (κ3) is 6.60. The molecular formula is C15H21NO3. The molecular weight excluding hydrogens is 242 g/mol. The molecule has 0 spiro atoms. The quantitative estimate of drug-likeness (QED) is 0.420. The van der Waals surface area contributed by atoms with Crippen molar-refractivity contribution < 1.29 is 14.7 Å². The van der Waals surface area contributed by atoms with Gasteiger partial charge in [0.2, 0.25) is 0 Å². The van der Waals surface area contributed by atoms with Gasteiger partial charge < -0.3 is 9.94 Å². The Balaban J connectivity index is 2.38. The number of nitrogens with zero attached hydrogens (tertiary/aromatic N) is 1. The maximum absolute atomic E-state index is 11.0. The van der Waals surface area contributed by atoms with Crippen LogP contribution in [0.15, 0.2) is 35.5 Å². The fourth-order valence-corrected chi connectivity index (χ4v) is 1.67. The van der Waals surface area contributed by atoms with Gasteiger partial charge in [-0.3, -0.25) is 0 Å². The summed E-state index contributed by atoms with van der Waals surface area (Å²) in [6.45, 7) is 2.42. The molecule has 0 amide bonds. The average Bonchev–Trinajstić information content (AvgIpc) is 2.42. The molecule has 4 heteroatoms. The monoisotopic (exact) mass is 263 g/mol. The lowest BCUT2D eigenvalue weighted by atomic mass is 10.1. The van der Waals surface area contributed by atoms with Gasteiger partial charge in [-0.2, -0.15) is 0 Å². The van der Waals surface area contributed by atoms with E-state index < -0.39 is 5.97 Å². The number of aliphatic carboxylic acids is 1. The van der Waals surface area contributed by atoms with Gasteiger partial charge in [0.15, 0.2) is 5.71 Å². The molecule has 0 atom stereocenters. The van der Waals surface area contributed by atoms with E-state index in [1.165, 1.54) is 0 Å². The minimum atomic E-state index is -0.996. The SMILES string of the molecule is CCCCCCC(=NOCc1ccccc1)C(=O)O. The summed E-state index contributed by atoms with van der Waals surface area (Å²) in [5.41, 5.74) is 1.08. The van der Waals surface area contributed by atoms with Crippen molar-refractivity contribution >= 4 is 11.7 Å². The van der Waals surface area contributed by atoms with Gasteiger partial charge >= 0.3 is 5.97 Å². The summed E-state index contributed by atoms with van der Waals surface area (Å²) in [7, 11) is 0. The molecule has 0 bridgehead atoms. The number of benzene rings is 1. The van der Waals surface area contributed by atoms with Gasteiger partial charge in [0.1, 0.15) is 6.61 Å². The minimum absolute atomic E-state index is 0.104. The Hall–Kier alpha value is -1.84. The zero-order valence-corrected chi connectivity index (χ0v) is 11.3. The molecule has 104 valence electrons. The molecule has 19 heavy (non-hydrogen) atoms. The van der Waals surface area contributed by atoms with Crippen molar-refractivity contribution in [1.29, 1.82) is 0 Å². The molecule has 0 saturated heterocycles. The number of carbonyl (C=O) groups is 1. The van der Waals surface area contributed by atoms with Gasteiger partial charge in [0.05, 0.1) is 0 Å². The lowest BCUT2D eigenvalue weighted by Gasteiger charge is -2.03. The lowest BCUT2D eigenvalue weighted by molar-refractivity contribution is -0.129. The van der Waals surface area contributed by atoms with Crippen LogP contribution < -0.4 is 0 Å². The molecule has 1 N–H and O–H groups in total. The predicted molar refractivity (Wildman–Crippen MR) is 75.1 cm³/mol. The predicted octanol–water partition coefficient (Wildman–Crippen LogP) is 3.61. The molecule has 0 aliphatic rings. The van der Waals surface area contributed by atoms with E-state index in [4.69, 9.17) is 9.94 Å². The molecule has 1 aromatic carbocycles. The molecule has 0 aromatic heterocycles. The van der Waals surface area contributed by atoms with Crippen molar-refractivity contribution in [1.82, 2.24) is 0 Å². The Bertz CT molecular complexity index is 401. The zero-order chi connectivity index (χ0) is 13.9. The van der Waals surface area contributed by atoms with Crippen molar-refractivity contribution in [2.45, 2.75) is 45.6 Å². The molecule has 0 heterocycles.